The summed E-state index contributed by atoms with van der Waals surface area (Å²) in [5, 5.41) is 0. The molecule has 0 amide bonds. The molecule has 84 valence electrons. The lowest BCUT2D eigenvalue weighted by molar-refractivity contribution is -0.136. The van der Waals surface area contributed by atoms with Crippen LogP contribution < -0.4 is 0 Å². The topological polar surface area (TPSA) is 26.3 Å². The number of unbranched alkanes of at least 4 members (excludes halogenated alkanes) is 5. The molecule has 0 saturated heterocycles. The van der Waals surface area contributed by atoms with E-state index in [1.54, 1.807) is 0 Å². The number of halogens is 1. The molecule has 0 spiro atoms. The largest absolute Gasteiger partial charge is 0.383 e. The molecule has 0 aromatic carbocycles. The maximum absolute atomic E-state index is 11.0. The second-order valence-corrected chi connectivity index (χ2v) is 4.18. The molecule has 0 aliphatic carbocycles. The predicted octanol–water partition coefficient (Wildman–Crippen LogP) is 4.23. The average molecular weight is 265 g/mol. The van der Waals surface area contributed by atoms with Gasteiger partial charge in [0, 0.05) is 0 Å². The summed E-state index contributed by atoms with van der Waals surface area (Å²) < 4.78 is 4.48. The Morgan fingerprint density at radius 1 is 1.21 bits per heavy atom. The van der Waals surface area contributed by atoms with E-state index in [9.17, 15) is 4.79 Å². The fourth-order valence-corrected chi connectivity index (χ4v) is 1.74. The lowest BCUT2D eigenvalue weighted by Gasteiger charge is -2.06. The maximum Gasteiger partial charge on any atom is 0.320 e. The van der Waals surface area contributed by atoms with Gasteiger partial charge in [-0.2, -0.15) is 0 Å². The first-order valence-corrected chi connectivity index (χ1v) is 6.19. The molecule has 0 aromatic rings. The van der Waals surface area contributed by atoms with Gasteiger partial charge in [-0.3, -0.25) is 4.79 Å². The van der Waals surface area contributed by atoms with Crippen molar-refractivity contribution in [2.45, 2.75) is 58.8 Å². The van der Waals surface area contributed by atoms with Crippen molar-refractivity contribution in [2.24, 2.45) is 5.92 Å². The Hall–Kier alpha value is -0.0500. The number of carbonyl (C=O) groups excluding carboxylic acids is 1. The third-order valence-corrected chi connectivity index (χ3v) is 2.79. The standard InChI is InChI=1S/C11H21BrO2/c1-3-4-5-6-7-8-9-10(2)11(13)14-12/h10H,3-9H2,1-2H3. The molecule has 0 aromatic heterocycles. The molecule has 0 aliphatic rings. The smallest absolute Gasteiger partial charge is 0.320 e. The van der Waals surface area contributed by atoms with Gasteiger partial charge in [0.25, 0.3) is 0 Å². The molecule has 0 fully saturated rings. The van der Waals surface area contributed by atoms with Crippen molar-refractivity contribution in [3.8, 4) is 0 Å². The molecule has 0 saturated carbocycles. The van der Waals surface area contributed by atoms with Gasteiger partial charge in [-0.25, -0.2) is 0 Å². The van der Waals surface area contributed by atoms with Gasteiger partial charge in [-0.15, -0.1) is 0 Å². The second kappa shape index (κ2) is 9.50. The lowest BCUT2D eigenvalue weighted by atomic mass is 10.0. The van der Waals surface area contributed by atoms with Gasteiger partial charge in [0.05, 0.1) is 5.92 Å². The van der Waals surface area contributed by atoms with E-state index in [2.05, 4.69) is 27.0 Å². The van der Waals surface area contributed by atoms with E-state index in [4.69, 9.17) is 0 Å². The molecule has 0 bridgehead atoms. The lowest BCUT2D eigenvalue weighted by Crippen LogP contribution is -2.09. The molecule has 0 N–H and O–H groups in total. The quantitative estimate of drug-likeness (QED) is 0.614. The highest BCUT2D eigenvalue weighted by Crippen LogP contribution is 2.13. The minimum Gasteiger partial charge on any atom is -0.383 e. The van der Waals surface area contributed by atoms with Crippen molar-refractivity contribution >= 4 is 22.2 Å². The van der Waals surface area contributed by atoms with Crippen molar-refractivity contribution in [1.82, 2.24) is 0 Å². The Morgan fingerprint density at radius 3 is 2.36 bits per heavy atom. The third-order valence-electron chi connectivity index (χ3n) is 2.47. The van der Waals surface area contributed by atoms with Crippen LogP contribution in [-0.4, -0.2) is 5.97 Å². The summed E-state index contributed by atoms with van der Waals surface area (Å²) in [6, 6.07) is 0. The summed E-state index contributed by atoms with van der Waals surface area (Å²) in [4.78, 5) is 11.0. The second-order valence-electron chi connectivity index (χ2n) is 3.85. The van der Waals surface area contributed by atoms with Crippen LogP contribution in [0.4, 0.5) is 0 Å². The first-order chi connectivity index (χ1) is 6.72. The van der Waals surface area contributed by atoms with Crippen LogP contribution in [0.15, 0.2) is 0 Å². The monoisotopic (exact) mass is 264 g/mol. The van der Waals surface area contributed by atoms with E-state index in [1.807, 2.05) is 6.92 Å². The molecule has 0 rings (SSSR count). The fraction of sp³-hybridized carbons (Fsp3) is 0.909. The zero-order valence-corrected chi connectivity index (χ0v) is 10.8. The summed E-state index contributed by atoms with van der Waals surface area (Å²) in [5.41, 5.74) is 0. The van der Waals surface area contributed by atoms with Crippen molar-refractivity contribution in [2.75, 3.05) is 0 Å². The number of hydrogen-bond acceptors (Lipinski definition) is 2. The van der Waals surface area contributed by atoms with Gasteiger partial charge in [0.2, 0.25) is 0 Å². The highest BCUT2D eigenvalue weighted by Gasteiger charge is 2.12. The Balaban J connectivity index is 3.23. The van der Waals surface area contributed by atoms with Crippen molar-refractivity contribution < 1.29 is 8.62 Å². The van der Waals surface area contributed by atoms with Crippen LogP contribution in [-0.2, 0) is 8.62 Å². The van der Waals surface area contributed by atoms with Gasteiger partial charge in [-0.05, 0) is 6.42 Å². The molecule has 2 nitrogen and oxygen atoms in total. The average Bonchev–Trinajstić information content (AvgIpc) is 2.21. The van der Waals surface area contributed by atoms with Gasteiger partial charge in [-0.1, -0.05) is 52.4 Å². The number of carbonyl (C=O) groups is 1. The van der Waals surface area contributed by atoms with E-state index in [1.165, 1.54) is 32.1 Å². The Bertz CT molecular complexity index is 148. The number of hydrogen-bond donors (Lipinski definition) is 0. The van der Waals surface area contributed by atoms with Crippen molar-refractivity contribution in [1.29, 1.82) is 0 Å². The summed E-state index contributed by atoms with van der Waals surface area (Å²) in [5.74, 6) is -0.126. The van der Waals surface area contributed by atoms with Crippen LogP contribution in [0.5, 0.6) is 0 Å². The molecular weight excluding hydrogens is 244 g/mol. The number of rotatable bonds is 8. The Morgan fingerprint density at radius 2 is 1.79 bits per heavy atom. The maximum atomic E-state index is 11.0. The third kappa shape index (κ3) is 7.36. The summed E-state index contributed by atoms with van der Waals surface area (Å²) in [7, 11) is 0. The van der Waals surface area contributed by atoms with Crippen LogP contribution in [0.25, 0.3) is 0 Å². The molecule has 3 heteroatoms. The highest BCUT2D eigenvalue weighted by atomic mass is 79.9. The van der Waals surface area contributed by atoms with Crippen LogP contribution in [0.2, 0.25) is 0 Å². The Kier molecular flexibility index (Phi) is 9.47. The molecule has 0 aliphatic heterocycles. The van der Waals surface area contributed by atoms with E-state index in [-0.39, 0.29) is 11.9 Å². The molecule has 14 heavy (non-hydrogen) atoms. The summed E-state index contributed by atoms with van der Waals surface area (Å²) in [6.45, 7) is 4.13. The van der Waals surface area contributed by atoms with E-state index in [0.717, 1.165) is 12.8 Å². The van der Waals surface area contributed by atoms with Gasteiger partial charge < -0.3 is 3.83 Å². The molecule has 0 radical (unpaired) electrons. The van der Waals surface area contributed by atoms with Crippen LogP contribution in [0, 0.1) is 5.92 Å². The fourth-order valence-electron chi connectivity index (χ4n) is 1.42. The first kappa shape index (κ1) is 13.9. The molecule has 0 heterocycles. The normalized spacial score (nSPS) is 12.5. The Labute approximate surface area is 95.9 Å². The molecular formula is C11H21BrO2. The van der Waals surface area contributed by atoms with E-state index < -0.39 is 0 Å². The highest BCUT2D eigenvalue weighted by molar-refractivity contribution is 9.06. The minimum atomic E-state index is -0.154. The van der Waals surface area contributed by atoms with Crippen LogP contribution in [0.1, 0.15) is 58.8 Å². The van der Waals surface area contributed by atoms with Crippen molar-refractivity contribution in [3.63, 3.8) is 0 Å². The van der Waals surface area contributed by atoms with Crippen LogP contribution >= 0.6 is 16.3 Å². The van der Waals surface area contributed by atoms with E-state index in [0.29, 0.717) is 0 Å². The van der Waals surface area contributed by atoms with Gasteiger partial charge in [0.15, 0.2) is 16.3 Å². The van der Waals surface area contributed by atoms with Crippen LogP contribution in [0.3, 0.4) is 0 Å². The summed E-state index contributed by atoms with van der Waals surface area (Å²) in [6.07, 6.45) is 8.55. The molecule has 1 unspecified atom stereocenters. The SMILES string of the molecule is CCCCCCCCC(C)C(=O)OBr. The zero-order valence-electron chi connectivity index (χ0n) is 9.22. The molecule has 1 atom stereocenters. The minimum absolute atomic E-state index is 0.0283. The first-order valence-electron chi connectivity index (χ1n) is 5.54. The van der Waals surface area contributed by atoms with Gasteiger partial charge in [0.1, 0.15) is 0 Å². The van der Waals surface area contributed by atoms with E-state index >= 15 is 0 Å². The predicted molar refractivity (Wildman–Crippen MR) is 62.2 cm³/mol. The zero-order chi connectivity index (χ0) is 10.8. The van der Waals surface area contributed by atoms with Crippen molar-refractivity contribution in [3.05, 3.63) is 0 Å². The van der Waals surface area contributed by atoms with Gasteiger partial charge >= 0.3 is 5.97 Å². The summed E-state index contributed by atoms with van der Waals surface area (Å²) >= 11 is 2.71.